The smallest absolute Gasteiger partial charge is 0.187 e. The van der Waals surface area contributed by atoms with Crippen LogP contribution in [-0.2, 0) is 0 Å². The van der Waals surface area contributed by atoms with Crippen molar-refractivity contribution < 1.29 is 5.11 Å². The average Bonchev–Trinajstić information content (AvgIpc) is 1.19. The summed E-state index contributed by atoms with van der Waals surface area (Å²) in [6, 6.07) is 0. The van der Waals surface area contributed by atoms with Crippen LogP contribution in [-0.4, -0.2) is 15.0 Å². The van der Waals surface area contributed by atoms with E-state index in [1.807, 2.05) is 0 Å². The predicted octanol–water partition coefficient (Wildman–Crippen LogP) is 2.76. The van der Waals surface area contributed by atoms with Gasteiger partial charge in [-0.25, -0.2) is 0 Å². The lowest BCUT2D eigenvalue weighted by Gasteiger charge is -1.94. The van der Waals surface area contributed by atoms with Gasteiger partial charge in [-0.1, -0.05) is 34.8 Å². The molecular formula is C5H11Cl3O. The fourth-order valence-electron chi connectivity index (χ4n) is 0. The van der Waals surface area contributed by atoms with E-state index in [1.54, 1.807) is 13.8 Å². The zero-order chi connectivity index (χ0) is 8.08. The molecule has 0 bridgehead atoms. The van der Waals surface area contributed by atoms with E-state index in [0.717, 1.165) is 0 Å². The number of aliphatic hydroxyl groups is 1. The van der Waals surface area contributed by atoms with Crippen molar-refractivity contribution in [2.75, 3.05) is 0 Å². The maximum atomic E-state index is 8.06. The van der Waals surface area contributed by atoms with E-state index in [-0.39, 0.29) is 6.10 Å². The van der Waals surface area contributed by atoms with Crippen molar-refractivity contribution in [1.82, 2.24) is 0 Å². The van der Waals surface area contributed by atoms with Crippen LogP contribution in [0, 0.1) is 0 Å². The topological polar surface area (TPSA) is 20.2 Å². The zero-order valence-electron chi connectivity index (χ0n) is 5.66. The van der Waals surface area contributed by atoms with E-state index in [2.05, 4.69) is 0 Å². The second-order valence-electron chi connectivity index (χ2n) is 1.87. The quantitative estimate of drug-likeness (QED) is 0.587. The van der Waals surface area contributed by atoms with Crippen LogP contribution in [0.15, 0.2) is 0 Å². The molecular weight excluding hydrogens is 182 g/mol. The molecule has 0 rings (SSSR count). The van der Waals surface area contributed by atoms with E-state index < -0.39 is 3.79 Å². The highest BCUT2D eigenvalue weighted by Crippen LogP contribution is 2.23. The molecule has 9 heavy (non-hydrogen) atoms. The molecule has 0 saturated heterocycles. The molecule has 0 heterocycles. The Balaban J connectivity index is 0. The van der Waals surface area contributed by atoms with Crippen molar-refractivity contribution in [3.8, 4) is 0 Å². The fourth-order valence-corrected chi connectivity index (χ4v) is 0. The van der Waals surface area contributed by atoms with Gasteiger partial charge in [0, 0.05) is 6.10 Å². The zero-order valence-corrected chi connectivity index (χ0v) is 7.93. The first kappa shape index (κ1) is 12.5. The highest BCUT2D eigenvalue weighted by Gasteiger charge is 2.07. The largest absolute Gasteiger partial charge is 0.394 e. The Morgan fingerprint density at radius 2 is 1.22 bits per heavy atom. The number of aliphatic hydroxyl groups excluding tert-OH is 1. The molecule has 4 heteroatoms. The van der Waals surface area contributed by atoms with Gasteiger partial charge in [-0.3, -0.25) is 0 Å². The predicted molar refractivity (Wildman–Crippen MR) is 43.3 cm³/mol. The molecule has 0 spiro atoms. The number of alkyl halides is 3. The fraction of sp³-hybridized carbons (Fsp3) is 1.00. The SMILES string of the molecule is CC(C)O.CC(Cl)(Cl)Cl. The normalized spacial score (nSPS) is 10.7. The first-order valence-corrected chi connectivity index (χ1v) is 3.61. The standard InChI is InChI=1S/C3H8O.C2H3Cl3/c1-3(2)4;1-2(3,4)5/h3-4H,1-2H3;1H3. The van der Waals surface area contributed by atoms with E-state index >= 15 is 0 Å². The lowest BCUT2D eigenvalue weighted by atomic mass is 10.5. The highest BCUT2D eigenvalue weighted by atomic mass is 35.6. The van der Waals surface area contributed by atoms with Crippen molar-refractivity contribution in [1.29, 1.82) is 0 Å². The van der Waals surface area contributed by atoms with Crippen LogP contribution in [0.5, 0.6) is 0 Å². The second-order valence-corrected chi connectivity index (χ2v) is 4.72. The molecule has 0 fully saturated rings. The van der Waals surface area contributed by atoms with Crippen LogP contribution in [0.4, 0.5) is 0 Å². The Hall–Kier alpha value is 0.830. The molecule has 0 aromatic carbocycles. The van der Waals surface area contributed by atoms with Crippen LogP contribution in [0.3, 0.4) is 0 Å². The molecule has 1 N–H and O–H groups in total. The van der Waals surface area contributed by atoms with Crippen LogP contribution < -0.4 is 0 Å². The Morgan fingerprint density at radius 3 is 1.22 bits per heavy atom. The summed E-state index contributed by atoms with van der Waals surface area (Å²) in [5, 5.41) is 8.06. The van der Waals surface area contributed by atoms with Gasteiger partial charge in [0.2, 0.25) is 0 Å². The Morgan fingerprint density at radius 1 is 1.22 bits per heavy atom. The average molecular weight is 194 g/mol. The first-order chi connectivity index (χ1) is 3.73. The van der Waals surface area contributed by atoms with Crippen LogP contribution in [0.1, 0.15) is 20.8 Å². The summed E-state index contributed by atoms with van der Waals surface area (Å²) >= 11 is 15.2. The molecule has 0 aromatic rings. The summed E-state index contributed by atoms with van der Waals surface area (Å²) < 4.78 is -1.08. The number of halogens is 3. The summed E-state index contributed by atoms with van der Waals surface area (Å²) in [7, 11) is 0. The molecule has 58 valence electrons. The highest BCUT2D eigenvalue weighted by molar-refractivity contribution is 6.67. The molecule has 0 radical (unpaired) electrons. The maximum Gasteiger partial charge on any atom is 0.187 e. The molecule has 0 amide bonds. The lowest BCUT2D eigenvalue weighted by Crippen LogP contribution is -1.87. The Labute approximate surface area is 70.9 Å². The molecule has 1 nitrogen and oxygen atoms in total. The van der Waals surface area contributed by atoms with Gasteiger partial charge in [0.1, 0.15) is 0 Å². The molecule has 0 saturated carbocycles. The summed E-state index contributed by atoms with van der Waals surface area (Å²) in [5.41, 5.74) is 0. The van der Waals surface area contributed by atoms with Gasteiger partial charge in [0.25, 0.3) is 0 Å². The van der Waals surface area contributed by atoms with Gasteiger partial charge in [-0.2, -0.15) is 0 Å². The van der Waals surface area contributed by atoms with E-state index in [9.17, 15) is 0 Å². The van der Waals surface area contributed by atoms with Gasteiger partial charge in [0.05, 0.1) is 0 Å². The Kier molecular flexibility index (Phi) is 7.78. The monoisotopic (exact) mass is 192 g/mol. The number of hydrogen-bond acceptors (Lipinski definition) is 1. The third kappa shape index (κ3) is 598. The van der Waals surface area contributed by atoms with Gasteiger partial charge in [0.15, 0.2) is 3.79 Å². The lowest BCUT2D eigenvalue weighted by molar-refractivity contribution is 0.216. The molecule has 0 aromatic heterocycles. The Bertz CT molecular complexity index is 49.0. The van der Waals surface area contributed by atoms with E-state index in [0.29, 0.717) is 0 Å². The third-order valence-electron chi connectivity index (χ3n) is 0. The van der Waals surface area contributed by atoms with Crippen LogP contribution in [0.25, 0.3) is 0 Å². The van der Waals surface area contributed by atoms with Crippen molar-refractivity contribution in [3.63, 3.8) is 0 Å². The van der Waals surface area contributed by atoms with Gasteiger partial charge in [-0.15, -0.1) is 0 Å². The first-order valence-electron chi connectivity index (χ1n) is 2.48. The minimum Gasteiger partial charge on any atom is -0.394 e. The molecule has 0 atom stereocenters. The summed E-state index contributed by atoms with van der Waals surface area (Å²) in [4.78, 5) is 0. The summed E-state index contributed by atoms with van der Waals surface area (Å²) in [5.74, 6) is 0. The van der Waals surface area contributed by atoms with Crippen molar-refractivity contribution >= 4 is 34.8 Å². The molecule has 0 aliphatic rings. The number of rotatable bonds is 0. The van der Waals surface area contributed by atoms with Gasteiger partial charge in [-0.05, 0) is 20.8 Å². The van der Waals surface area contributed by atoms with Crippen LogP contribution >= 0.6 is 34.8 Å². The maximum absolute atomic E-state index is 8.06. The molecule has 0 aliphatic carbocycles. The van der Waals surface area contributed by atoms with Crippen molar-refractivity contribution in [3.05, 3.63) is 0 Å². The summed E-state index contributed by atoms with van der Waals surface area (Å²) in [6.07, 6.45) is -0.167. The second kappa shape index (κ2) is 5.60. The van der Waals surface area contributed by atoms with Gasteiger partial charge >= 0.3 is 0 Å². The van der Waals surface area contributed by atoms with Crippen LogP contribution in [0.2, 0.25) is 0 Å². The minimum atomic E-state index is -1.08. The van der Waals surface area contributed by atoms with E-state index in [1.165, 1.54) is 6.92 Å². The van der Waals surface area contributed by atoms with E-state index in [4.69, 9.17) is 39.9 Å². The van der Waals surface area contributed by atoms with Crippen molar-refractivity contribution in [2.24, 2.45) is 0 Å². The third-order valence-corrected chi connectivity index (χ3v) is 0. The molecule has 0 unspecified atom stereocenters. The van der Waals surface area contributed by atoms with Crippen molar-refractivity contribution in [2.45, 2.75) is 30.7 Å². The van der Waals surface area contributed by atoms with Gasteiger partial charge < -0.3 is 5.11 Å². The minimum absolute atomic E-state index is 0.167. The molecule has 0 aliphatic heterocycles. The summed E-state index contributed by atoms with van der Waals surface area (Å²) in [6.45, 7) is 4.93. The number of hydrogen-bond donors (Lipinski definition) is 1.